The highest BCUT2D eigenvalue weighted by Crippen LogP contribution is 2.58. The number of carbonyl (C=O) groups is 4. The molecule has 6 atom stereocenters. The summed E-state index contributed by atoms with van der Waals surface area (Å²) in [5, 5.41) is 7.81. The highest BCUT2D eigenvalue weighted by atomic mass is 16.5. The quantitative estimate of drug-likeness (QED) is 0.102. The Morgan fingerprint density at radius 2 is 1.35 bits per heavy atom. The van der Waals surface area contributed by atoms with Crippen molar-refractivity contribution in [1.82, 2.24) is 40.4 Å². The molecule has 1 spiro atoms. The molecule has 342 valence electrons. The lowest BCUT2D eigenvalue weighted by Crippen LogP contribution is -2.54. The Balaban J connectivity index is 0.892. The predicted octanol–water partition coefficient (Wildman–Crippen LogP) is 8.17. The van der Waals surface area contributed by atoms with Crippen molar-refractivity contribution >= 4 is 34.8 Å². The Bertz CT molecular complexity index is 2560. The molecule has 5 aromatic rings. The second kappa shape index (κ2) is 18.0. The Morgan fingerprint density at radius 3 is 2.02 bits per heavy atom. The summed E-state index contributed by atoms with van der Waals surface area (Å²) in [6.07, 6.45) is 7.65. The molecule has 65 heavy (non-hydrogen) atoms. The maximum Gasteiger partial charge on any atom is 0.407 e. The molecule has 4 aliphatic rings. The molecule has 15 nitrogen and oxygen atoms in total. The molecule has 9 rings (SSSR count). The average Bonchev–Trinajstić information content (AvgIpc) is 3.73. The second-order valence-corrected chi connectivity index (χ2v) is 19.1. The van der Waals surface area contributed by atoms with Gasteiger partial charge in [0.15, 0.2) is 0 Å². The highest BCUT2D eigenvalue weighted by molar-refractivity contribution is 5.91. The van der Waals surface area contributed by atoms with Crippen LogP contribution in [-0.2, 0) is 23.8 Å². The predicted molar refractivity (Wildman–Crippen MR) is 245 cm³/mol. The normalized spacial score (nSPS) is 22.6. The van der Waals surface area contributed by atoms with E-state index in [1.54, 1.807) is 0 Å². The van der Waals surface area contributed by atoms with Crippen molar-refractivity contribution in [3.63, 3.8) is 0 Å². The minimum absolute atomic E-state index is 0.0339. The van der Waals surface area contributed by atoms with E-state index in [4.69, 9.17) is 24.2 Å². The van der Waals surface area contributed by atoms with Gasteiger partial charge in [-0.2, -0.15) is 0 Å². The number of rotatable bonds is 11. The zero-order chi connectivity index (χ0) is 45.6. The number of nitrogens with zero attached hydrogens (tertiary/aromatic N) is 4. The number of aromatic amines is 2. The van der Waals surface area contributed by atoms with Crippen LogP contribution in [-0.4, -0.2) is 106 Å². The maximum absolute atomic E-state index is 14.4. The summed E-state index contributed by atoms with van der Waals surface area (Å²) in [5.74, 6) is 1.26. The van der Waals surface area contributed by atoms with E-state index < -0.39 is 24.3 Å². The number of ether oxygens (including phenoxy) is 3. The standard InChI is InChI=1S/C50H60N8O7/c1-28(2)41(55-48(61)63-5)46(59)57-27-50(17-18-50)24-40(57)44-51-26-39(53-44)37-14-13-35-22-34(11-12-36(35)23-37)31-7-9-32(10-8-31)38-25-52-45(54-38)43-29(3)21-30(4)58(43)47(60)42(56-49(62)64-6)33-15-19-65-20-16-33/h7-14,22-23,25-26,28-30,33,40-43H,15-21,24,27H2,1-6H3,(H,51,53)(H,52,54)(H,55,61)(H,56,62)/t29-,30+,40-,41-,42-,43-/m0/s1. The van der Waals surface area contributed by atoms with E-state index in [9.17, 15) is 19.2 Å². The number of alkyl carbamates (subject to hydrolysis) is 2. The lowest BCUT2D eigenvalue weighted by molar-refractivity contribution is -0.139. The number of likely N-dealkylation sites (tertiary alicyclic amines) is 2. The molecule has 4 fully saturated rings. The molecule has 4 amide bonds. The van der Waals surface area contributed by atoms with Crippen molar-refractivity contribution in [3.05, 3.63) is 84.7 Å². The van der Waals surface area contributed by atoms with Crippen LogP contribution >= 0.6 is 0 Å². The number of hydrogen-bond acceptors (Lipinski definition) is 9. The minimum Gasteiger partial charge on any atom is -0.453 e. The summed E-state index contributed by atoms with van der Waals surface area (Å²) < 4.78 is 15.3. The third-order valence-electron chi connectivity index (χ3n) is 14.4. The molecule has 15 heteroatoms. The lowest BCUT2D eigenvalue weighted by atomic mass is 9.90. The smallest absolute Gasteiger partial charge is 0.407 e. The zero-order valence-corrected chi connectivity index (χ0v) is 38.1. The summed E-state index contributed by atoms with van der Waals surface area (Å²) >= 11 is 0. The number of benzene rings is 3. The number of carbonyl (C=O) groups excluding carboxylic acids is 4. The van der Waals surface area contributed by atoms with Gasteiger partial charge in [-0.3, -0.25) is 9.59 Å². The van der Waals surface area contributed by atoms with Gasteiger partial charge in [0, 0.05) is 31.4 Å². The summed E-state index contributed by atoms with van der Waals surface area (Å²) in [6.45, 7) is 9.82. The fourth-order valence-corrected chi connectivity index (χ4v) is 10.5. The van der Waals surface area contributed by atoms with Crippen molar-refractivity contribution in [2.75, 3.05) is 34.0 Å². The van der Waals surface area contributed by atoms with Gasteiger partial charge in [-0.25, -0.2) is 19.6 Å². The van der Waals surface area contributed by atoms with E-state index in [-0.39, 0.29) is 53.1 Å². The van der Waals surface area contributed by atoms with Gasteiger partial charge in [-0.05, 0) is 108 Å². The monoisotopic (exact) mass is 884 g/mol. The first-order valence-corrected chi connectivity index (χ1v) is 23.0. The van der Waals surface area contributed by atoms with E-state index in [1.165, 1.54) is 14.2 Å². The third kappa shape index (κ3) is 8.82. The van der Waals surface area contributed by atoms with Crippen LogP contribution in [0, 0.1) is 23.2 Å². The molecule has 5 heterocycles. The van der Waals surface area contributed by atoms with Gasteiger partial charge in [0.05, 0.1) is 50.1 Å². The van der Waals surface area contributed by atoms with E-state index in [2.05, 4.69) is 95.1 Å². The molecular weight excluding hydrogens is 825 g/mol. The molecule has 3 aliphatic heterocycles. The summed E-state index contributed by atoms with van der Waals surface area (Å²) in [5.41, 5.74) is 6.02. The Kier molecular flexibility index (Phi) is 12.2. The number of imidazole rings is 2. The zero-order valence-electron chi connectivity index (χ0n) is 38.1. The van der Waals surface area contributed by atoms with Gasteiger partial charge in [0.2, 0.25) is 11.8 Å². The van der Waals surface area contributed by atoms with Crippen LogP contribution in [0.15, 0.2) is 73.1 Å². The molecule has 3 aromatic carbocycles. The minimum atomic E-state index is -0.711. The molecule has 1 saturated carbocycles. The summed E-state index contributed by atoms with van der Waals surface area (Å²) in [4.78, 5) is 73.4. The molecule has 2 aromatic heterocycles. The van der Waals surface area contributed by atoms with Crippen LogP contribution in [0.3, 0.4) is 0 Å². The van der Waals surface area contributed by atoms with Crippen LogP contribution < -0.4 is 10.6 Å². The SMILES string of the molecule is COC(=O)N[C@H](C(=O)N1CC2(CC2)C[C@H]1c1ncc(-c2ccc3cc(-c4ccc(-c5cnc([C@@H]6[C@@H](C)C[C@@H](C)N6C(=O)[C@@H](NC(=O)OC)C6CCOCC6)[nH]5)cc4)ccc3c2)[nH]1)C(C)C. The van der Waals surface area contributed by atoms with Crippen molar-refractivity contribution in [1.29, 1.82) is 0 Å². The fourth-order valence-electron chi connectivity index (χ4n) is 10.5. The molecule has 0 bridgehead atoms. The van der Waals surface area contributed by atoms with Crippen LogP contribution in [0.4, 0.5) is 9.59 Å². The van der Waals surface area contributed by atoms with Crippen LogP contribution in [0.1, 0.15) is 90.0 Å². The van der Waals surface area contributed by atoms with Crippen molar-refractivity contribution < 1.29 is 33.4 Å². The molecule has 1 aliphatic carbocycles. The highest BCUT2D eigenvalue weighted by Gasteiger charge is 2.55. The van der Waals surface area contributed by atoms with Gasteiger partial charge in [0.25, 0.3) is 0 Å². The maximum atomic E-state index is 14.4. The number of nitrogens with one attached hydrogen (secondary N) is 4. The fraction of sp³-hybridized carbons (Fsp3) is 0.480. The van der Waals surface area contributed by atoms with Crippen molar-refractivity contribution in [2.45, 2.75) is 96.4 Å². The lowest BCUT2D eigenvalue weighted by Gasteiger charge is -2.36. The number of H-pyrrole nitrogens is 2. The molecule has 4 N–H and O–H groups in total. The second-order valence-electron chi connectivity index (χ2n) is 19.1. The summed E-state index contributed by atoms with van der Waals surface area (Å²) in [6, 6.07) is 19.3. The van der Waals surface area contributed by atoms with Gasteiger partial charge in [-0.1, -0.05) is 69.3 Å². The Labute approximate surface area is 379 Å². The van der Waals surface area contributed by atoms with E-state index in [1.807, 2.05) is 36.0 Å². The Hall–Kier alpha value is -6.22. The number of fused-ring (bicyclic) bond motifs is 1. The first-order valence-electron chi connectivity index (χ1n) is 23.0. The molecule has 0 radical (unpaired) electrons. The van der Waals surface area contributed by atoms with Gasteiger partial charge in [-0.15, -0.1) is 0 Å². The molecule has 0 unspecified atom stereocenters. The van der Waals surface area contributed by atoms with Crippen LogP contribution in [0.2, 0.25) is 0 Å². The number of methoxy groups -OCH3 is 2. The summed E-state index contributed by atoms with van der Waals surface area (Å²) in [7, 11) is 2.62. The number of amides is 4. The third-order valence-corrected chi connectivity index (χ3v) is 14.4. The topological polar surface area (TPSA) is 184 Å². The number of hydrogen-bond donors (Lipinski definition) is 4. The molecular formula is C50H60N8O7. The molecule has 3 saturated heterocycles. The average molecular weight is 885 g/mol. The largest absolute Gasteiger partial charge is 0.453 e. The van der Waals surface area contributed by atoms with Gasteiger partial charge >= 0.3 is 12.2 Å². The first-order chi connectivity index (χ1) is 31.3. The van der Waals surface area contributed by atoms with Crippen LogP contribution in [0.5, 0.6) is 0 Å². The van der Waals surface area contributed by atoms with E-state index in [0.29, 0.717) is 32.6 Å². The van der Waals surface area contributed by atoms with E-state index in [0.717, 1.165) is 81.7 Å². The van der Waals surface area contributed by atoms with Crippen molar-refractivity contribution in [3.8, 4) is 33.6 Å². The van der Waals surface area contributed by atoms with Crippen LogP contribution in [0.25, 0.3) is 44.4 Å². The first kappa shape index (κ1) is 44.0. The van der Waals surface area contributed by atoms with Gasteiger partial charge < -0.3 is 44.6 Å². The Morgan fingerprint density at radius 1 is 0.769 bits per heavy atom. The van der Waals surface area contributed by atoms with Gasteiger partial charge in [0.1, 0.15) is 23.7 Å². The number of aromatic nitrogens is 4. The van der Waals surface area contributed by atoms with E-state index >= 15 is 0 Å². The van der Waals surface area contributed by atoms with Crippen molar-refractivity contribution in [2.24, 2.45) is 23.2 Å².